The Kier molecular flexibility index (Phi) is 7.48. The van der Waals surface area contributed by atoms with E-state index in [1.165, 1.54) is 18.2 Å². The van der Waals surface area contributed by atoms with Crippen molar-refractivity contribution in [3.05, 3.63) is 64.9 Å². The first-order valence-corrected chi connectivity index (χ1v) is 10.6. The van der Waals surface area contributed by atoms with E-state index in [9.17, 15) is 18.8 Å². The van der Waals surface area contributed by atoms with Gasteiger partial charge in [-0.25, -0.2) is 4.39 Å². The van der Waals surface area contributed by atoms with Crippen molar-refractivity contribution in [2.45, 2.75) is 31.8 Å². The monoisotopic (exact) mass is 462 g/mol. The van der Waals surface area contributed by atoms with E-state index in [0.717, 1.165) is 5.56 Å². The number of hydrogen-bond acceptors (Lipinski definition) is 5. The Bertz CT molecular complexity index is 1000. The molecular weight excluding hydrogens is 439 g/mol. The number of nitrogens with zero attached hydrogens (tertiary/aromatic N) is 1. The molecule has 1 saturated heterocycles. The molecular formula is C23H24ClFN2O5. The molecule has 2 N–H and O–H groups in total. The molecule has 0 aliphatic carbocycles. The first kappa shape index (κ1) is 23.7. The summed E-state index contributed by atoms with van der Waals surface area (Å²) in [6.07, 6.45) is 0.183. The van der Waals surface area contributed by atoms with E-state index in [4.69, 9.17) is 21.4 Å². The minimum Gasteiger partial charge on any atom is -0.481 e. The van der Waals surface area contributed by atoms with Crippen molar-refractivity contribution in [1.82, 2.24) is 10.2 Å². The van der Waals surface area contributed by atoms with Gasteiger partial charge >= 0.3 is 11.9 Å². The highest BCUT2D eigenvalue weighted by atomic mass is 35.5. The number of carbonyl (C=O) groups is 3. The summed E-state index contributed by atoms with van der Waals surface area (Å²) >= 11 is 5.94. The van der Waals surface area contributed by atoms with Crippen LogP contribution in [0.2, 0.25) is 5.02 Å². The molecule has 7 nitrogen and oxygen atoms in total. The summed E-state index contributed by atoms with van der Waals surface area (Å²) in [6.45, 7) is 2.42. The number of carboxylic acids is 1. The third-order valence-corrected chi connectivity index (χ3v) is 5.92. The summed E-state index contributed by atoms with van der Waals surface area (Å²) in [5.74, 6) is -3.76. The molecule has 1 amide bonds. The van der Waals surface area contributed by atoms with E-state index in [0.29, 0.717) is 11.6 Å². The highest BCUT2D eigenvalue weighted by molar-refractivity contribution is 6.30. The van der Waals surface area contributed by atoms with Crippen LogP contribution in [0, 0.1) is 11.7 Å². The molecule has 2 aromatic rings. The van der Waals surface area contributed by atoms with Crippen molar-refractivity contribution >= 4 is 29.4 Å². The van der Waals surface area contributed by atoms with Crippen LogP contribution in [-0.4, -0.2) is 46.5 Å². The minimum absolute atomic E-state index is 0.0791. The fraction of sp³-hybridized carbons (Fsp3) is 0.348. The van der Waals surface area contributed by atoms with Crippen molar-refractivity contribution in [3.63, 3.8) is 0 Å². The molecule has 1 fully saturated rings. The molecule has 1 aliphatic rings. The zero-order valence-electron chi connectivity index (χ0n) is 17.5. The molecule has 2 unspecified atom stereocenters. The SMILES string of the molecule is CC1(C(=O)NCCCC(=O)O)C(C(=O)Oc2ccccc2F)CN1Cc1ccc(Cl)cc1. The zero-order valence-corrected chi connectivity index (χ0v) is 18.3. The van der Waals surface area contributed by atoms with E-state index in [2.05, 4.69) is 5.32 Å². The summed E-state index contributed by atoms with van der Waals surface area (Å²) in [6, 6.07) is 12.7. The minimum atomic E-state index is -1.24. The summed E-state index contributed by atoms with van der Waals surface area (Å²) in [5.41, 5.74) is -0.342. The van der Waals surface area contributed by atoms with Crippen molar-refractivity contribution < 1.29 is 28.6 Å². The lowest BCUT2D eigenvalue weighted by molar-refractivity contribution is -0.171. The maximum Gasteiger partial charge on any atom is 0.318 e. The van der Waals surface area contributed by atoms with Crippen LogP contribution in [0.15, 0.2) is 48.5 Å². The van der Waals surface area contributed by atoms with Crippen LogP contribution in [0.1, 0.15) is 25.3 Å². The molecule has 0 radical (unpaired) electrons. The van der Waals surface area contributed by atoms with Crippen molar-refractivity contribution in [3.8, 4) is 5.75 Å². The molecule has 3 rings (SSSR count). The van der Waals surface area contributed by atoms with Crippen LogP contribution in [0.3, 0.4) is 0 Å². The molecule has 0 aromatic heterocycles. The van der Waals surface area contributed by atoms with Crippen molar-refractivity contribution in [1.29, 1.82) is 0 Å². The number of rotatable bonds is 9. The number of amides is 1. The highest BCUT2D eigenvalue weighted by Gasteiger charge is 2.59. The Hall–Kier alpha value is -2.97. The van der Waals surface area contributed by atoms with Gasteiger partial charge < -0.3 is 15.2 Å². The summed E-state index contributed by atoms with van der Waals surface area (Å²) in [4.78, 5) is 38.5. The van der Waals surface area contributed by atoms with Crippen molar-refractivity contribution in [2.24, 2.45) is 5.92 Å². The van der Waals surface area contributed by atoms with E-state index < -0.39 is 35.1 Å². The average molecular weight is 463 g/mol. The molecule has 32 heavy (non-hydrogen) atoms. The maximum atomic E-state index is 13.9. The second-order valence-electron chi connectivity index (χ2n) is 7.81. The van der Waals surface area contributed by atoms with Gasteiger partial charge in [-0.05, 0) is 43.2 Å². The Morgan fingerprint density at radius 2 is 1.91 bits per heavy atom. The van der Waals surface area contributed by atoms with Gasteiger partial charge in [0, 0.05) is 31.1 Å². The Balaban J connectivity index is 1.75. The highest BCUT2D eigenvalue weighted by Crippen LogP contribution is 2.39. The fourth-order valence-corrected chi connectivity index (χ4v) is 3.79. The van der Waals surface area contributed by atoms with Crippen LogP contribution in [-0.2, 0) is 20.9 Å². The fourth-order valence-electron chi connectivity index (χ4n) is 3.67. The number of aliphatic carboxylic acids is 1. The number of benzene rings is 2. The van der Waals surface area contributed by atoms with Crippen LogP contribution in [0.25, 0.3) is 0 Å². The van der Waals surface area contributed by atoms with Crippen LogP contribution in [0.4, 0.5) is 4.39 Å². The first-order chi connectivity index (χ1) is 15.2. The van der Waals surface area contributed by atoms with Gasteiger partial charge in [0.05, 0.1) is 5.92 Å². The summed E-state index contributed by atoms with van der Waals surface area (Å²) in [5, 5.41) is 12.1. The molecule has 170 valence electrons. The number of nitrogens with one attached hydrogen (secondary N) is 1. The van der Waals surface area contributed by atoms with Gasteiger partial charge in [-0.3, -0.25) is 19.3 Å². The second-order valence-corrected chi connectivity index (χ2v) is 8.25. The van der Waals surface area contributed by atoms with Crippen LogP contribution in [0.5, 0.6) is 5.75 Å². The van der Waals surface area contributed by atoms with Gasteiger partial charge in [-0.1, -0.05) is 35.9 Å². The predicted octanol–water partition coefficient (Wildman–Crippen LogP) is 3.26. The van der Waals surface area contributed by atoms with Gasteiger partial charge in [0.25, 0.3) is 0 Å². The molecule has 2 aromatic carbocycles. The van der Waals surface area contributed by atoms with E-state index >= 15 is 0 Å². The lowest BCUT2D eigenvalue weighted by Crippen LogP contribution is -2.73. The Morgan fingerprint density at radius 3 is 2.56 bits per heavy atom. The van der Waals surface area contributed by atoms with Gasteiger partial charge in [0.15, 0.2) is 11.6 Å². The standard InChI is InChI=1S/C23H24ClFN2O5/c1-23(22(31)26-12-4-7-20(28)29)17(21(30)32-19-6-3-2-5-18(19)25)14-27(23)13-15-8-10-16(24)11-9-15/h2-3,5-6,8-11,17H,4,7,12-14H2,1H3,(H,26,31)(H,28,29). The molecule has 2 atom stereocenters. The topological polar surface area (TPSA) is 95.9 Å². The molecule has 1 heterocycles. The van der Waals surface area contributed by atoms with Gasteiger partial charge in [0.1, 0.15) is 5.54 Å². The van der Waals surface area contributed by atoms with Crippen LogP contribution >= 0.6 is 11.6 Å². The molecule has 0 bridgehead atoms. The summed E-state index contributed by atoms with van der Waals surface area (Å²) < 4.78 is 19.2. The number of hydrogen-bond donors (Lipinski definition) is 2. The average Bonchev–Trinajstić information content (AvgIpc) is 2.75. The maximum absolute atomic E-state index is 13.9. The number of likely N-dealkylation sites (tertiary alicyclic amines) is 1. The van der Waals surface area contributed by atoms with Gasteiger partial charge in [0.2, 0.25) is 5.91 Å². The number of carbonyl (C=O) groups excluding carboxylic acids is 2. The lowest BCUT2D eigenvalue weighted by Gasteiger charge is -2.54. The molecule has 0 saturated carbocycles. The quantitative estimate of drug-likeness (QED) is 0.337. The molecule has 1 aliphatic heterocycles. The van der Waals surface area contributed by atoms with Crippen molar-refractivity contribution in [2.75, 3.05) is 13.1 Å². The number of ether oxygens (including phenoxy) is 1. The molecule has 0 spiro atoms. The molecule has 9 heteroatoms. The first-order valence-electron chi connectivity index (χ1n) is 10.2. The van der Waals surface area contributed by atoms with Gasteiger partial charge in [-0.15, -0.1) is 0 Å². The van der Waals surface area contributed by atoms with E-state index in [1.54, 1.807) is 25.1 Å². The number of para-hydroxylation sites is 1. The van der Waals surface area contributed by atoms with Crippen LogP contribution < -0.4 is 10.1 Å². The third-order valence-electron chi connectivity index (χ3n) is 5.67. The van der Waals surface area contributed by atoms with Gasteiger partial charge in [-0.2, -0.15) is 0 Å². The normalized spacial score (nSPS) is 20.3. The van der Waals surface area contributed by atoms with E-state index in [1.807, 2.05) is 17.0 Å². The van der Waals surface area contributed by atoms with E-state index in [-0.39, 0.29) is 31.7 Å². The Morgan fingerprint density at radius 1 is 1.22 bits per heavy atom. The third kappa shape index (κ3) is 5.26. The lowest BCUT2D eigenvalue weighted by atomic mass is 9.74. The number of carboxylic acid groups (broad SMARTS) is 1. The second kappa shape index (κ2) is 10.1. The summed E-state index contributed by atoms with van der Waals surface area (Å²) in [7, 11) is 0. The Labute approximate surface area is 190 Å². The smallest absolute Gasteiger partial charge is 0.318 e. The largest absolute Gasteiger partial charge is 0.481 e. The predicted molar refractivity (Wildman–Crippen MR) is 116 cm³/mol. The zero-order chi connectivity index (χ0) is 23.3. The number of esters is 1. The number of halogens is 2.